The first-order chi connectivity index (χ1) is 8.61. The van der Waals surface area contributed by atoms with Gasteiger partial charge < -0.3 is 4.90 Å². The molecular formula is C12H11Cl2N3O. The Morgan fingerprint density at radius 1 is 1.50 bits per heavy atom. The maximum atomic E-state index is 12.3. The average molecular weight is 284 g/mol. The molecule has 1 saturated carbocycles. The van der Waals surface area contributed by atoms with Crippen molar-refractivity contribution in [2.24, 2.45) is 5.92 Å². The zero-order valence-electron chi connectivity index (χ0n) is 9.57. The summed E-state index contributed by atoms with van der Waals surface area (Å²) in [6.45, 7) is 0.908. The predicted octanol–water partition coefficient (Wildman–Crippen LogP) is 2.27. The molecule has 4 nitrogen and oxygen atoms in total. The van der Waals surface area contributed by atoms with Gasteiger partial charge in [0.1, 0.15) is 0 Å². The third kappa shape index (κ3) is 3.12. The maximum absolute atomic E-state index is 12.3. The lowest BCUT2D eigenvalue weighted by Crippen LogP contribution is -2.33. The van der Waals surface area contributed by atoms with Crippen molar-refractivity contribution in [1.82, 2.24) is 15.1 Å². The summed E-state index contributed by atoms with van der Waals surface area (Å²) in [6.07, 6.45) is 7.55. The molecule has 0 radical (unpaired) electrons. The predicted molar refractivity (Wildman–Crippen MR) is 69.5 cm³/mol. The lowest BCUT2D eigenvalue weighted by Gasteiger charge is -2.20. The summed E-state index contributed by atoms with van der Waals surface area (Å²) in [5.74, 6) is 2.78. The molecule has 0 spiro atoms. The molecule has 1 amide bonds. The Labute approximate surface area is 115 Å². The van der Waals surface area contributed by atoms with Gasteiger partial charge in [-0.25, -0.2) is 0 Å². The molecule has 1 aliphatic rings. The zero-order valence-corrected chi connectivity index (χ0v) is 11.1. The first kappa shape index (κ1) is 13.1. The Morgan fingerprint density at radius 3 is 2.83 bits per heavy atom. The van der Waals surface area contributed by atoms with Crippen molar-refractivity contribution in [3.63, 3.8) is 0 Å². The Morgan fingerprint density at radius 2 is 2.22 bits per heavy atom. The van der Waals surface area contributed by atoms with E-state index in [4.69, 9.17) is 29.6 Å². The van der Waals surface area contributed by atoms with Crippen LogP contribution in [0.15, 0.2) is 6.07 Å². The maximum Gasteiger partial charge on any atom is 0.257 e. The van der Waals surface area contributed by atoms with E-state index in [9.17, 15) is 4.79 Å². The number of hydrogen-bond donors (Lipinski definition) is 0. The van der Waals surface area contributed by atoms with Gasteiger partial charge in [0.25, 0.3) is 5.91 Å². The number of nitrogens with zero attached hydrogens (tertiary/aromatic N) is 3. The highest BCUT2D eigenvalue weighted by Crippen LogP contribution is 2.30. The summed E-state index contributed by atoms with van der Waals surface area (Å²) >= 11 is 11.6. The molecule has 0 aromatic carbocycles. The molecule has 0 saturated heterocycles. The van der Waals surface area contributed by atoms with Crippen LogP contribution in [-0.4, -0.2) is 34.1 Å². The van der Waals surface area contributed by atoms with Gasteiger partial charge >= 0.3 is 0 Å². The minimum atomic E-state index is -0.248. The van der Waals surface area contributed by atoms with E-state index in [0.717, 1.165) is 12.8 Å². The third-order valence-corrected chi connectivity index (χ3v) is 3.16. The number of carbonyl (C=O) groups is 1. The molecular weight excluding hydrogens is 273 g/mol. The molecule has 1 aliphatic carbocycles. The second-order valence-corrected chi connectivity index (χ2v) is 4.95. The van der Waals surface area contributed by atoms with Crippen LogP contribution in [0.25, 0.3) is 0 Å². The van der Waals surface area contributed by atoms with Gasteiger partial charge in [0.15, 0.2) is 10.3 Å². The van der Waals surface area contributed by atoms with Crippen LogP contribution < -0.4 is 0 Å². The van der Waals surface area contributed by atoms with Crippen LogP contribution in [-0.2, 0) is 0 Å². The van der Waals surface area contributed by atoms with Crippen molar-refractivity contribution in [2.45, 2.75) is 12.8 Å². The van der Waals surface area contributed by atoms with E-state index in [1.807, 2.05) is 0 Å². The van der Waals surface area contributed by atoms with E-state index < -0.39 is 0 Å². The van der Waals surface area contributed by atoms with E-state index in [2.05, 4.69) is 16.1 Å². The number of carbonyl (C=O) groups excluding carboxylic acids is 1. The van der Waals surface area contributed by atoms with E-state index in [1.165, 1.54) is 6.07 Å². The quantitative estimate of drug-likeness (QED) is 0.797. The first-order valence-electron chi connectivity index (χ1n) is 5.53. The number of rotatable bonds is 4. The second kappa shape index (κ2) is 5.55. The smallest absolute Gasteiger partial charge is 0.257 e. The lowest BCUT2D eigenvalue weighted by molar-refractivity contribution is 0.0769. The van der Waals surface area contributed by atoms with Crippen LogP contribution in [0, 0.1) is 18.3 Å². The molecule has 6 heteroatoms. The van der Waals surface area contributed by atoms with E-state index >= 15 is 0 Å². The van der Waals surface area contributed by atoms with Gasteiger partial charge in [0.05, 0.1) is 12.1 Å². The van der Waals surface area contributed by atoms with E-state index in [0.29, 0.717) is 12.5 Å². The second-order valence-electron chi connectivity index (χ2n) is 4.20. The van der Waals surface area contributed by atoms with Gasteiger partial charge in [-0.15, -0.1) is 16.6 Å². The van der Waals surface area contributed by atoms with Crippen LogP contribution in [0.1, 0.15) is 23.2 Å². The third-order valence-electron chi connectivity index (χ3n) is 2.69. The monoisotopic (exact) mass is 283 g/mol. The Bertz CT molecular complexity index is 509. The Kier molecular flexibility index (Phi) is 4.05. The summed E-state index contributed by atoms with van der Waals surface area (Å²) < 4.78 is 0. The average Bonchev–Trinajstić information content (AvgIpc) is 3.15. The fraction of sp³-hybridized carbons (Fsp3) is 0.417. The number of terminal acetylenes is 1. The molecule has 0 atom stereocenters. The number of amides is 1. The minimum Gasteiger partial charge on any atom is -0.327 e. The van der Waals surface area contributed by atoms with Gasteiger partial charge in [0, 0.05) is 6.54 Å². The van der Waals surface area contributed by atoms with Gasteiger partial charge in [0.2, 0.25) is 0 Å². The summed E-state index contributed by atoms with van der Waals surface area (Å²) in [6, 6.07) is 1.41. The van der Waals surface area contributed by atoms with Crippen molar-refractivity contribution in [1.29, 1.82) is 0 Å². The van der Waals surface area contributed by atoms with Gasteiger partial charge in [-0.3, -0.25) is 4.79 Å². The topological polar surface area (TPSA) is 46.1 Å². The van der Waals surface area contributed by atoms with Crippen LogP contribution in [0.5, 0.6) is 0 Å². The van der Waals surface area contributed by atoms with Crippen molar-refractivity contribution in [2.75, 3.05) is 13.1 Å². The fourth-order valence-electron chi connectivity index (χ4n) is 1.61. The first-order valence-corrected chi connectivity index (χ1v) is 6.29. The van der Waals surface area contributed by atoms with Crippen molar-refractivity contribution in [3.05, 3.63) is 21.9 Å². The fourth-order valence-corrected chi connectivity index (χ4v) is 1.94. The molecule has 1 heterocycles. The van der Waals surface area contributed by atoms with E-state index in [-0.39, 0.29) is 28.3 Å². The number of halogens is 2. The highest BCUT2D eigenvalue weighted by molar-refractivity contribution is 6.34. The lowest BCUT2D eigenvalue weighted by atomic mass is 10.2. The summed E-state index contributed by atoms with van der Waals surface area (Å²) in [5, 5.41) is 7.37. The van der Waals surface area contributed by atoms with Crippen molar-refractivity contribution in [3.8, 4) is 12.3 Å². The van der Waals surface area contributed by atoms with Crippen molar-refractivity contribution >= 4 is 29.1 Å². The molecule has 94 valence electrons. The molecule has 18 heavy (non-hydrogen) atoms. The van der Waals surface area contributed by atoms with Gasteiger partial charge in [-0.2, -0.15) is 0 Å². The summed E-state index contributed by atoms with van der Waals surface area (Å²) in [5.41, 5.74) is 0.243. The molecule has 1 aromatic rings. The standard InChI is InChI=1S/C12H11Cl2N3O/c1-2-5-17(7-8-3-4-8)12(18)9-6-10(13)15-16-11(9)14/h1,6,8H,3-5,7H2. The van der Waals surface area contributed by atoms with Crippen LogP contribution >= 0.6 is 23.2 Å². The van der Waals surface area contributed by atoms with Crippen molar-refractivity contribution < 1.29 is 4.79 Å². The molecule has 0 unspecified atom stereocenters. The highest BCUT2D eigenvalue weighted by Gasteiger charge is 2.28. The molecule has 1 aromatic heterocycles. The van der Waals surface area contributed by atoms with E-state index in [1.54, 1.807) is 4.90 Å². The van der Waals surface area contributed by atoms with Crippen LogP contribution in [0.3, 0.4) is 0 Å². The largest absolute Gasteiger partial charge is 0.327 e. The molecule has 0 aliphatic heterocycles. The molecule has 2 rings (SSSR count). The Balaban J connectivity index is 2.20. The zero-order chi connectivity index (χ0) is 13.1. The number of aromatic nitrogens is 2. The number of hydrogen-bond acceptors (Lipinski definition) is 3. The molecule has 1 fully saturated rings. The summed E-state index contributed by atoms with van der Waals surface area (Å²) in [7, 11) is 0. The van der Waals surface area contributed by atoms with Gasteiger partial charge in [-0.1, -0.05) is 29.1 Å². The Hall–Kier alpha value is -1.31. The highest BCUT2D eigenvalue weighted by atomic mass is 35.5. The summed E-state index contributed by atoms with van der Waals surface area (Å²) in [4.78, 5) is 13.9. The van der Waals surface area contributed by atoms with Gasteiger partial charge in [-0.05, 0) is 24.8 Å². The minimum absolute atomic E-state index is 0.0437. The molecule has 0 bridgehead atoms. The normalized spacial score (nSPS) is 14.1. The van der Waals surface area contributed by atoms with Crippen LogP contribution in [0.2, 0.25) is 10.3 Å². The molecule has 0 N–H and O–H groups in total. The SMILES string of the molecule is C#CCN(CC1CC1)C(=O)c1cc(Cl)nnc1Cl. The van der Waals surface area contributed by atoms with Crippen LogP contribution in [0.4, 0.5) is 0 Å².